The first-order chi connectivity index (χ1) is 10.5. The number of aliphatic carboxylic acids is 1. The molecule has 23 heavy (non-hydrogen) atoms. The molecule has 1 amide bonds. The molecule has 0 unspecified atom stereocenters. The van der Waals surface area contributed by atoms with Crippen molar-refractivity contribution in [2.24, 2.45) is 17.4 Å². The molecule has 0 aromatic heterocycles. The van der Waals surface area contributed by atoms with Crippen LogP contribution in [0.25, 0.3) is 0 Å². The van der Waals surface area contributed by atoms with Crippen LogP contribution in [0.15, 0.2) is 0 Å². The Hall–Kier alpha value is -1.25. The van der Waals surface area contributed by atoms with Crippen LogP contribution in [0, 0.1) is 5.92 Å². The zero-order valence-electron chi connectivity index (χ0n) is 12.4. The summed E-state index contributed by atoms with van der Waals surface area (Å²) < 4.78 is 26.9. The van der Waals surface area contributed by atoms with Crippen molar-refractivity contribution < 1.29 is 33.2 Å². The van der Waals surface area contributed by atoms with Crippen LogP contribution in [0.2, 0.25) is 6.32 Å². The van der Waals surface area contributed by atoms with Crippen LogP contribution in [0.4, 0.5) is 0 Å². The number of carbonyl (C=O) groups excluding carboxylic acids is 1. The molecule has 1 aliphatic heterocycles. The summed E-state index contributed by atoms with van der Waals surface area (Å²) in [4.78, 5) is 22.1. The Bertz CT molecular complexity index is 557. The van der Waals surface area contributed by atoms with E-state index >= 15 is 0 Å². The van der Waals surface area contributed by atoms with E-state index in [0.29, 0.717) is 0 Å². The lowest BCUT2D eigenvalue weighted by molar-refractivity contribution is -0.144. The van der Waals surface area contributed by atoms with Gasteiger partial charge < -0.3 is 26.6 Å². The number of amides is 1. The smallest absolute Gasteiger partial charge is 0.451 e. The molecule has 2 atom stereocenters. The highest BCUT2D eigenvalue weighted by molar-refractivity contribution is 7.87. The van der Waals surface area contributed by atoms with Crippen molar-refractivity contribution in [3.8, 4) is 0 Å². The Labute approximate surface area is 134 Å². The number of rotatable bonds is 9. The minimum Gasteiger partial charge on any atom is -0.480 e. The number of hydrogen-bond donors (Lipinski definition) is 6. The van der Waals surface area contributed by atoms with Gasteiger partial charge in [0.1, 0.15) is 5.54 Å². The van der Waals surface area contributed by atoms with Gasteiger partial charge in [-0.15, -0.1) is 0 Å². The van der Waals surface area contributed by atoms with Crippen molar-refractivity contribution in [3.05, 3.63) is 0 Å². The first-order valence-electron chi connectivity index (χ1n) is 6.90. The molecular formula is C10H21BN4O7S. The highest BCUT2D eigenvalue weighted by Crippen LogP contribution is 2.31. The number of nitrogens with zero attached hydrogens (tertiary/aromatic N) is 1. The van der Waals surface area contributed by atoms with E-state index in [2.05, 4.69) is 0 Å². The number of nitrogens with one attached hydrogen (secondary N) is 1. The summed E-state index contributed by atoms with van der Waals surface area (Å²) in [5.74, 6) is -2.93. The van der Waals surface area contributed by atoms with Crippen LogP contribution in [0.3, 0.4) is 0 Å². The van der Waals surface area contributed by atoms with Crippen molar-refractivity contribution in [1.82, 2.24) is 9.03 Å². The zero-order chi connectivity index (χ0) is 17.8. The van der Waals surface area contributed by atoms with E-state index in [0.717, 1.165) is 4.31 Å². The van der Waals surface area contributed by atoms with E-state index in [-0.39, 0.29) is 25.7 Å². The maximum atomic E-state index is 12.1. The number of carboxylic acid groups (broad SMARTS) is 1. The molecule has 1 fully saturated rings. The van der Waals surface area contributed by atoms with Gasteiger partial charge in [0.25, 0.3) is 10.2 Å². The zero-order valence-corrected chi connectivity index (χ0v) is 13.2. The lowest BCUT2D eigenvalue weighted by atomic mass is 9.78. The molecule has 13 heteroatoms. The fraction of sp³-hybridized carbons (Fsp3) is 0.800. The third-order valence-corrected chi connectivity index (χ3v) is 5.24. The van der Waals surface area contributed by atoms with Crippen LogP contribution in [-0.2, 0) is 19.8 Å². The van der Waals surface area contributed by atoms with Crippen molar-refractivity contribution in [3.63, 3.8) is 0 Å². The molecule has 0 bridgehead atoms. The third kappa shape index (κ3) is 5.12. The summed E-state index contributed by atoms with van der Waals surface area (Å²) in [6, 6.07) is 0. The van der Waals surface area contributed by atoms with Crippen LogP contribution in [0.1, 0.15) is 12.8 Å². The van der Waals surface area contributed by atoms with E-state index in [1.165, 1.54) is 0 Å². The van der Waals surface area contributed by atoms with Gasteiger partial charge in [0.05, 0.1) is 6.54 Å². The van der Waals surface area contributed by atoms with Crippen LogP contribution in [-0.4, -0.2) is 72.0 Å². The number of primary amides is 1. The molecule has 1 heterocycles. The molecule has 132 valence electrons. The highest BCUT2D eigenvalue weighted by atomic mass is 32.2. The van der Waals surface area contributed by atoms with Crippen molar-refractivity contribution in [1.29, 1.82) is 0 Å². The second-order valence-corrected chi connectivity index (χ2v) is 7.29. The molecule has 1 saturated heterocycles. The standard InChI is InChI=1S/C10H21BN4O7S/c12-8(16)4-14-23(21,22)15-5-7(2-1-3-11(19)20)10(13,6-15)9(17)18/h7,14,19-20H,1-6,13H2,(H2,12,16)(H,17,18)/t7-,10-/m1/s1. The lowest BCUT2D eigenvalue weighted by Gasteiger charge is -2.25. The molecule has 0 spiro atoms. The number of carboxylic acids is 1. The predicted molar refractivity (Wildman–Crippen MR) is 80.0 cm³/mol. The van der Waals surface area contributed by atoms with Gasteiger partial charge in [0, 0.05) is 19.0 Å². The van der Waals surface area contributed by atoms with E-state index < -0.39 is 53.8 Å². The largest absolute Gasteiger partial charge is 0.480 e. The van der Waals surface area contributed by atoms with Crippen molar-refractivity contribution >= 4 is 29.2 Å². The highest BCUT2D eigenvalue weighted by Gasteiger charge is 2.52. The predicted octanol–water partition coefficient (Wildman–Crippen LogP) is -3.73. The minimum absolute atomic E-state index is 0.0267. The molecular weight excluding hydrogens is 331 g/mol. The fourth-order valence-electron chi connectivity index (χ4n) is 2.47. The minimum atomic E-state index is -4.09. The van der Waals surface area contributed by atoms with Gasteiger partial charge in [-0.2, -0.15) is 17.4 Å². The molecule has 0 aliphatic carbocycles. The Morgan fingerprint density at radius 1 is 1.39 bits per heavy atom. The van der Waals surface area contributed by atoms with Crippen LogP contribution in [0.5, 0.6) is 0 Å². The average Bonchev–Trinajstić information content (AvgIpc) is 2.76. The molecule has 11 nitrogen and oxygen atoms in total. The summed E-state index contributed by atoms with van der Waals surface area (Å²) in [6.45, 7) is -1.22. The summed E-state index contributed by atoms with van der Waals surface area (Å²) in [7, 11) is -5.62. The number of carbonyl (C=O) groups is 2. The van der Waals surface area contributed by atoms with Gasteiger partial charge in [-0.05, 0) is 12.7 Å². The quantitative estimate of drug-likeness (QED) is 0.228. The van der Waals surface area contributed by atoms with Crippen LogP contribution >= 0.6 is 0 Å². The van der Waals surface area contributed by atoms with E-state index in [1.54, 1.807) is 0 Å². The molecule has 1 aliphatic rings. The summed E-state index contributed by atoms with van der Waals surface area (Å²) in [5, 5.41) is 26.9. The van der Waals surface area contributed by atoms with E-state index in [1.807, 2.05) is 4.72 Å². The lowest BCUT2D eigenvalue weighted by Crippen LogP contribution is -2.55. The average molecular weight is 352 g/mol. The topological polar surface area (TPSA) is 196 Å². The number of nitrogens with two attached hydrogens (primary N) is 2. The molecule has 1 rings (SSSR count). The van der Waals surface area contributed by atoms with Crippen LogP contribution < -0.4 is 16.2 Å². The normalized spacial score (nSPS) is 25.4. The maximum absolute atomic E-state index is 12.1. The fourth-order valence-corrected chi connectivity index (χ4v) is 3.74. The maximum Gasteiger partial charge on any atom is 0.451 e. The Morgan fingerprint density at radius 3 is 2.48 bits per heavy atom. The summed E-state index contributed by atoms with van der Waals surface area (Å²) >= 11 is 0. The Balaban J connectivity index is 2.83. The van der Waals surface area contributed by atoms with Gasteiger partial charge in [-0.3, -0.25) is 9.59 Å². The summed E-state index contributed by atoms with van der Waals surface area (Å²) in [6.07, 6.45) is 0.512. The van der Waals surface area contributed by atoms with Gasteiger partial charge in [-0.25, -0.2) is 0 Å². The monoisotopic (exact) mass is 352 g/mol. The molecule has 0 radical (unpaired) electrons. The molecule has 0 saturated carbocycles. The van der Waals surface area contributed by atoms with Gasteiger partial charge >= 0.3 is 13.1 Å². The van der Waals surface area contributed by atoms with Gasteiger partial charge in [0.2, 0.25) is 5.91 Å². The second-order valence-electron chi connectivity index (χ2n) is 5.54. The third-order valence-electron chi connectivity index (χ3n) is 3.77. The van der Waals surface area contributed by atoms with Gasteiger partial charge in [-0.1, -0.05) is 6.42 Å². The summed E-state index contributed by atoms with van der Waals surface area (Å²) in [5.41, 5.74) is 8.94. The van der Waals surface area contributed by atoms with E-state index in [9.17, 15) is 23.1 Å². The first-order valence-corrected chi connectivity index (χ1v) is 8.34. The van der Waals surface area contributed by atoms with E-state index in [4.69, 9.17) is 21.5 Å². The van der Waals surface area contributed by atoms with Gasteiger partial charge in [0.15, 0.2) is 0 Å². The molecule has 8 N–H and O–H groups in total. The molecule has 0 aromatic carbocycles. The second kappa shape index (κ2) is 7.55. The first kappa shape index (κ1) is 19.8. The Kier molecular flexibility index (Phi) is 6.50. The Morgan fingerprint density at radius 2 is 2.00 bits per heavy atom. The molecule has 0 aromatic rings. The SMILES string of the molecule is NC(=O)CNS(=O)(=O)N1C[C@@H](CCCB(O)O)[C@@](N)(C(=O)O)C1. The van der Waals surface area contributed by atoms with Crippen molar-refractivity contribution in [2.75, 3.05) is 19.6 Å². The van der Waals surface area contributed by atoms with Crippen molar-refractivity contribution in [2.45, 2.75) is 24.7 Å². The number of hydrogen-bond acceptors (Lipinski definition) is 7.